The largest absolute Gasteiger partial charge is 0.435 e. The fraction of sp³-hybridized carbons (Fsp3) is 0.167. The summed E-state index contributed by atoms with van der Waals surface area (Å²) < 4.78 is 5.99. The summed E-state index contributed by atoms with van der Waals surface area (Å²) in [5, 5.41) is 16.4. The van der Waals surface area contributed by atoms with E-state index < -0.39 is 10.8 Å². The Bertz CT molecular complexity index is 1300. The van der Waals surface area contributed by atoms with Crippen molar-refractivity contribution in [2.45, 2.75) is 0 Å². The van der Waals surface area contributed by atoms with Crippen molar-refractivity contribution in [1.82, 2.24) is 15.2 Å². The van der Waals surface area contributed by atoms with Gasteiger partial charge in [-0.1, -0.05) is 42.5 Å². The first-order valence-electron chi connectivity index (χ1n) is 10.1. The van der Waals surface area contributed by atoms with Crippen LogP contribution in [-0.2, 0) is 0 Å². The molecule has 0 fully saturated rings. The van der Waals surface area contributed by atoms with Gasteiger partial charge in [-0.15, -0.1) is 0 Å². The topological polar surface area (TPSA) is 102 Å². The number of hydrogen-bond acceptors (Lipinski definition) is 6. The van der Waals surface area contributed by atoms with E-state index in [1.54, 1.807) is 18.2 Å². The summed E-state index contributed by atoms with van der Waals surface area (Å²) in [6.07, 6.45) is 0. The number of fused-ring (bicyclic) bond motifs is 1. The van der Waals surface area contributed by atoms with E-state index in [0.29, 0.717) is 18.7 Å². The number of oxazole rings is 1. The standard InChI is InChI=1S/C24H22N4O4/c1-27(2)14-13-25-23(29)21-22(19-9-5-6-10-20(19)28(30)31)32-24(26-21)18-12-11-16-7-3-4-8-17(16)15-18/h3-12,15H,13-14H2,1-2H3,(H,25,29). The number of nitrogens with zero attached hydrogens (tertiary/aromatic N) is 3. The maximum Gasteiger partial charge on any atom is 0.280 e. The van der Waals surface area contributed by atoms with Crippen LogP contribution in [0.1, 0.15) is 10.5 Å². The molecule has 1 N–H and O–H groups in total. The van der Waals surface area contributed by atoms with Crippen LogP contribution < -0.4 is 5.32 Å². The summed E-state index contributed by atoms with van der Waals surface area (Å²) in [6.45, 7) is 1.04. The molecule has 32 heavy (non-hydrogen) atoms. The molecule has 0 saturated heterocycles. The van der Waals surface area contributed by atoms with Gasteiger partial charge in [-0.05, 0) is 43.1 Å². The van der Waals surface area contributed by atoms with Crippen LogP contribution in [0.25, 0.3) is 33.6 Å². The number of likely N-dealkylation sites (N-methyl/N-ethyl adjacent to an activating group) is 1. The van der Waals surface area contributed by atoms with Crippen molar-refractivity contribution in [2.24, 2.45) is 0 Å². The van der Waals surface area contributed by atoms with Crippen molar-refractivity contribution in [3.63, 3.8) is 0 Å². The van der Waals surface area contributed by atoms with Gasteiger partial charge in [0, 0.05) is 24.7 Å². The smallest absolute Gasteiger partial charge is 0.280 e. The lowest BCUT2D eigenvalue weighted by molar-refractivity contribution is -0.384. The van der Waals surface area contributed by atoms with Gasteiger partial charge in [0.05, 0.1) is 10.5 Å². The van der Waals surface area contributed by atoms with Crippen LogP contribution in [0.15, 0.2) is 71.1 Å². The lowest BCUT2D eigenvalue weighted by Gasteiger charge is -2.09. The van der Waals surface area contributed by atoms with Gasteiger partial charge in [-0.3, -0.25) is 14.9 Å². The molecule has 0 unspecified atom stereocenters. The molecule has 1 amide bonds. The van der Waals surface area contributed by atoms with Crippen LogP contribution in [0.5, 0.6) is 0 Å². The zero-order chi connectivity index (χ0) is 22.7. The quantitative estimate of drug-likeness (QED) is 0.345. The minimum atomic E-state index is -0.499. The number of nitro groups is 1. The average Bonchev–Trinajstić information content (AvgIpc) is 3.24. The molecular formula is C24H22N4O4. The summed E-state index contributed by atoms with van der Waals surface area (Å²) >= 11 is 0. The molecular weight excluding hydrogens is 408 g/mol. The molecule has 0 atom stereocenters. The van der Waals surface area contributed by atoms with Crippen molar-refractivity contribution >= 4 is 22.4 Å². The molecule has 0 aliphatic carbocycles. The highest BCUT2D eigenvalue weighted by Crippen LogP contribution is 2.36. The molecule has 4 aromatic rings. The second-order valence-corrected chi connectivity index (χ2v) is 7.59. The lowest BCUT2D eigenvalue weighted by Crippen LogP contribution is -2.31. The Morgan fingerprint density at radius 2 is 1.78 bits per heavy atom. The Morgan fingerprint density at radius 1 is 1.06 bits per heavy atom. The highest BCUT2D eigenvalue weighted by atomic mass is 16.6. The number of hydrogen-bond donors (Lipinski definition) is 1. The van der Waals surface area contributed by atoms with Gasteiger partial charge in [0.25, 0.3) is 11.6 Å². The fourth-order valence-electron chi connectivity index (χ4n) is 3.40. The predicted molar refractivity (Wildman–Crippen MR) is 122 cm³/mol. The van der Waals surface area contributed by atoms with Crippen LogP contribution in [-0.4, -0.2) is 47.9 Å². The van der Waals surface area contributed by atoms with Crippen molar-refractivity contribution < 1.29 is 14.1 Å². The highest BCUT2D eigenvalue weighted by Gasteiger charge is 2.27. The van der Waals surface area contributed by atoms with Crippen LogP contribution >= 0.6 is 0 Å². The van der Waals surface area contributed by atoms with Crippen LogP contribution in [0.4, 0.5) is 5.69 Å². The molecule has 1 aromatic heterocycles. The number of nitrogens with one attached hydrogen (secondary N) is 1. The van der Waals surface area contributed by atoms with Crippen LogP contribution in [0, 0.1) is 10.1 Å². The molecule has 8 nitrogen and oxygen atoms in total. The third-order valence-corrected chi connectivity index (χ3v) is 5.03. The number of rotatable bonds is 7. The van der Waals surface area contributed by atoms with E-state index >= 15 is 0 Å². The summed E-state index contributed by atoms with van der Waals surface area (Å²) in [6, 6.07) is 19.7. The Labute approximate surface area is 184 Å². The highest BCUT2D eigenvalue weighted by molar-refractivity contribution is 5.99. The van der Waals surface area contributed by atoms with E-state index in [0.717, 1.165) is 10.8 Å². The second kappa shape index (κ2) is 8.99. The first-order chi connectivity index (χ1) is 15.4. The SMILES string of the molecule is CN(C)CCNC(=O)c1nc(-c2ccc3ccccc3c2)oc1-c1ccccc1[N+](=O)[O-]. The third-order valence-electron chi connectivity index (χ3n) is 5.03. The number of amides is 1. The molecule has 0 saturated carbocycles. The molecule has 162 valence electrons. The minimum Gasteiger partial charge on any atom is -0.435 e. The van der Waals surface area contributed by atoms with Crippen molar-refractivity contribution in [2.75, 3.05) is 27.2 Å². The van der Waals surface area contributed by atoms with E-state index in [-0.39, 0.29) is 28.6 Å². The molecule has 3 aromatic carbocycles. The summed E-state index contributed by atoms with van der Waals surface area (Å²) in [4.78, 5) is 30.4. The number of carbonyl (C=O) groups excluding carboxylic acids is 1. The lowest BCUT2D eigenvalue weighted by atomic mass is 10.1. The minimum absolute atomic E-state index is 0.0150. The van der Waals surface area contributed by atoms with Crippen molar-refractivity contribution in [3.05, 3.63) is 82.5 Å². The van der Waals surface area contributed by atoms with Crippen LogP contribution in [0.2, 0.25) is 0 Å². The molecule has 4 rings (SSSR count). The van der Waals surface area contributed by atoms with Gasteiger partial charge in [0.2, 0.25) is 5.89 Å². The number of benzene rings is 3. The Morgan fingerprint density at radius 3 is 2.53 bits per heavy atom. The maximum atomic E-state index is 12.9. The first kappa shape index (κ1) is 21.2. The van der Waals surface area contributed by atoms with Gasteiger partial charge in [0.15, 0.2) is 11.5 Å². The van der Waals surface area contributed by atoms with Gasteiger partial charge in [0.1, 0.15) is 0 Å². The molecule has 0 aliphatic heterocycles. The van der Waals surface area contributed by atoms with E-state index in [1.165, 1.54) is 6.07 Å². The number of aromatic nitrogens is 1. The molecule has 0 spiro atoms. The Hall–Kier alpha value is -4.04. The van der Waals surface area contributed by atoms with Gasteiger partial charge in [-0.2, -0.15) is 0 Å². The molecule has 1 heterocycles. The number of para-hydroxylation sites is 1. The summed E-state index contributed by atoms with van der Waals surface area (Å²) in [5.74, 6) is -0.153. The monoisotopic (exact) mass is 430 g/mol. The zero-order valence-electron chi connectivity index (χ0n) is 17.7. The molecule has 0 radical (unpaired) electrons. The Balaban J connectivity index is 1.81. The molecule has 0 aliphatic rings. The van der Waals surface area contributed by atoms with Crippen molar-refractivity contribution in [3.8, 4) is 22.8 Å². The maximum absolute atomic E-state index is 12.9. The van der Waals surface area contributed by atoms with Crippen molar-refractivity contribution in [1.29, 1.82) is 0 Å². The van der Waals surface area contributed by atoms with Crippen LogP contribution in [0.3, 0.4) is 0 Å². The predicted octanol–water partition coefficient (Wildman–Crippen LogP) is 4.36. The molecule has 8 heteroatoms. The first-order valence-corrected chi connectivity index (χ1v) is 10.1. The van der Waals surface area contributed by atoms with Gasteiger partial charge < -0.3 is 14.6 Å². The van der Waals surface area contributed by atoms with E-state index in [4.69, 9.17) is 4.42 Å². The van der Waals surface area contributed by atoms with E-state index in [9.17, 15) is 14.9 Å². The van der Waals surface area contributed by atoms with Gasteiger partial charge in [-0.25, -0.2) is 4.98 Å². The summed E-state index contributed by atoms with van der Waals surface area (Å²) in [5.41, 5.74) is 0.739. The third kappa shape index (κ3) is 4.35. The second-order valence-electron chi connectivity index (χ2n) is 7.59. The van der Waals surface area contributed by atoms with Gasteiger partial charge >= 0.3 is 0 Å². The van der Waals surface area contributed by atoms with E-state index in [1.807, 2.05) is 61.5 Å². The average molecular weight is 430 g/mol. The number of nitro benzene ring substituents is 1. The number of carbonyl (C=O) groups is 1. The molecule has 0 bridgehead atoms. The zero-order valence-corrected chi connectivity index (χ0v) is 17.7. The summed E-state index contributed by atoms with van der Waals surface area (Å²) in [7, 11) is 3.80. The Kier molecular flexibility index (Phi) is 5.96. The normalized spacial score (nSPS) is 11.1. The van der Waals surface area contributed by atoms with E-state index in [2.05, 4.69) is 10.3 Å². The fourth-order valence-corrected chi connectivity index (χ4v) is 3.40.